The quantitative estimate of drug-likeness (QED) is 0.192. The minimum atomic E-state index is -5.44. The fourth-order valence-electron chi connectivity index (χ4n) is 2.93. The van der Waals surface area contributed by atoms with E-state index in [2.05, 4.69) is 12.6 Å². The second-order valence-electron chi connectivity index (χ2n) is 5.95. The molecule has 21 heavy (non-hydrogen) atoms. The number of quaternary nitrogens is 1. The lowest BCUT2D eigenvalue weighted by Gasteiger charge is -2.42. The average Bonchev–Trinajstić information content (AvgIpc) is 2.25. The van der Waals surface area contributed by atoms with Gasteiger partial charge in [0, 0.05) is 18.1 Å². The molecule has 1 aliphatic rings. The Balaban J connectivity index is 2.99. The van der Waals surface area contributed by atoms with Crippen LogP contribution in [0.1, 0.15) is 19.3 Å². The molecule has 1 fully saturated rings. The number of likely N-dealkylation sites (tertiary alicyclic amines) is 1. The summed E-state index contributed by atoms with van der Waals surface area (Å²) in [5, 5.41) is 9.91. The van der Waals surface area contributed by atoms with Gasteiger partial charge in [-0.25, -0.2) is 0 Å². The molecule has 3 unspecified atom stereocenters. The lowest BCUT2D eigenvalue weighted by Crippen LogP contribution is -2.53. The fraction of sp³-hybridized carbons (Fsp3) is 1.00. The van der Waals surface area contributed by atoms with Gasteiger partial charge in [-0.05, 0) is 12.8 Å². The molecule has 0 saturated carbocycles. The van der Waals surface area contributed by atoms with E-state index in [9.17, 15) is 18.1 Å². The molecule has 0 aromatic rings. The van der Waals surface area contributed by atoms with E-state index in [1.54, 1.807) is 0 Å². The number of nitrogens with zero attached hydrogens (tertiary/aromatic N) is 1. The zero-order valence-electron chi connectivity index (χ0n) is 11.8. The first kappa shape index (κ1) is 19.4. The third-order valence-corrected chi connectivity index (χ3v) is 7.76. The molecule has 1 rings (SSSR count). The third kappa shape index (κ3) is 4.42. The number of hydrogen-bond donors (Lipinski definition) is 5. The normalized spacial score (nSPS) is 30.9. The molecule has 1 aliphatic heterocycles. The molecule has 0 aromatic heterocycles. The van der Waals surface area contributed by atoms with Gasteiger partial charge in [-0.15, -0.1) is 0 Å². The molecule has 0 amide bonds. The summed E-state index contributed by atoms with van der Waals surface area (Å²) in [6.07, 6.45) is 0.604. The molecule has 8 nitrogen and oxygen atoms in total. The Labute approximate surface area is 130 Å². The van der Waals surface area contributed by atoms with E-state index in [0.29, 0.717) is 23.2 Å². The van der Waals surface area contributed by atoms with Crippen LogP contribution in [0.15, 0.2) is 0 Å². The molecule has 3 atom stereocenters. The Morgan fingerprint density at radius 1 is 1.43 bits per heavy atom. The van der Waals surface area contributed by atoms with Crippen molar-refractivity contribution in [2.24, 2.45) is 5.92 Å². The monoisotopic (exact) mass is 364 g/mol. The molecule has 11 heteroatoms. The van der Waals surface area contributed by atoms with Crippen LogP contribution in [0, 0.1) is 5.92 Å². The fourth-order valence-corrected chi connectivity index (χ4v) is 5.56. The van der Waals surface area contributed by atoms with Crippen molar-refractivity contribution in [2.45, 2.75) is 23.9 Å². The predicted octanol–water partition coefficient (Wildman–Crippen LogP) is -0.126. The van der Waals surface area contributed by atoms with Gasteiger partial charge >= 0.3 is 17.7 Å². The van der Waals surface area contributed by atoms with E-state index in [1.807, 2.05) is 7.05 Å². The lowest BCUT2D eigenvalue weighted by atomic mass is 9.93. The second kappa shape index (κ2) is 6.45. The molecule has 0 bridgehead atoms. The maximum Gasteiger partial charge on any atom is 0.375 e. The topological polar surface area (TPSA) is 132 Å². The van der Waals surface area contributed by atoms with Gasteiger partial charge in [-0.3, -0.25) is 9.12 Å². The van der Waals surface area contributed by atoms with Crippen molar-refractivity contribution in [3.05, 3.63) is 0 Å². The Bertz CT molecular complexity index is 517. The maximum absolute atomic E-state index is 11.3. The van der Waals surface area contributed by atoms with E-state index in [0.717, 1.165) is 19.5 Å². The average molecular weight is 364 g/mol. The Morgan fingerprint density at radius 2 is 2.00 bits per heavy atom. The Kier molecular flexibility index (Phi) is 5.95. The smallest absolute Gasteiger partial charge is 0.363 e. The number of thiol groups is 1. The first-order valence-corrected chi connectivity index (χ1v) is 10.2. The molecule has 0 aromatic carbocycles. The van der Waals surface area contributed by atoms with E-state index in [-0.39, 0.29) is 0 Å². The van der Waals surface area contributed by atoms with E-state index in [4.69, 9.17) is 14.3 Å². The molecule has 4 N–H and O–H groups in total. The molecule has 1 saturated heterocycles. The lowest BCUT2D eigenvalue weighted by molar-refractivity contribution is -0.915. The van der Waals surface area contributed by atoms with E-state index >= 15 is 0 Å². The zero-order valence-corrected chi connectivity index (χ0v) is 14.4. The van der Waals surface area contributed by atoms with Crippen molar-refractivity contribution >= 4 is 30.3 Å². The number of aliphatic hydroxyl groups is 1. The van der Waals surface area contributed by atoms with Crippen LogP contribution in [-0.4, -0.2) is 69.5 Å². The van der Waals surface area contributed by atoms with Crippen LogP contribution in [0.2, 0.25) is 0 Å². The van der Waals surface area contributed by atoms with Gasteiger partial charge in [0.05, 0.1) is 26.7 Å². The largest absolute Gasteiger partial charge is 0.375 e. The van der Waals surface area contributed by atoms with Crippen LogP contribution in [-0.2, 0) is 14.7 Å². The molecule has 0 aliphatic carbocycles. The van der Waals surface area contributed by atoms with Crippen molar-refractivity contribution in [3.8, 4) is 0 Å². The summed E-state index contributed by atoms with van der Waals surface area (Å²) in [5.74, 6) is 0.216. The van der Waals surface area contributed by atoms with Crippen LogP contribution in [0.25, 0.3) is 0 Å². The van der Waals surface area contributed by atoms with Crippen molar-refractivity contribution < 1.29 is 36.9 Å². The summed E-state index contributed by atoms with van der Waals surface area (Å²) in [6.45, 7) is 2.06. The molecular weight excluding hydrogens is 341 g/mol. The molecule has 1 heterocycles. The number of piperidine rings is 1. The Hall–Kier alpha value is 0.330. The molecule has 0 radical (unpaired) electrons. The minimum absolute atomic E-state index is 0.414. The maximum atomic E-state index is 11.3. The van der Waals surface area contributed by atoms with E-state index < -0.39 is 34.7 Å². The van der Waals surface area contributed by atoms with Crippen LogP contribution in [0.4, 0.5) is 0 Å². The number of hydrogen-bond acceptors (Lipinski definition) is 5. The SMILES string of the molecule is C[N+]1(CCS)CCCC(CC(O)(P(=O)(O)O)S(=O)(=O)O)C1. The van der Waals surface area contributed by atoms with Crippen LogP contribution >= 0.6 is 20.2 Å². The van der Waals surface area contributed by atoms with Gasteiger partial charge in [0.2, 0.25) is 0 Å². The standard InChI is InChI=1S/C10H22NO7PS2/c1-11(5-6-20)4-2-3-9(8-11)7-10(12,19(13,14)15)21(16,17)18/h9,12H,2-8H2,1H3,(H3-,13,14,15,16,17,18,20)/p+1. The number of rotatable bonds is 6. The van der Waals surface area contributed by atoms with Crippen molar-refractivity contribution in [1.29, 1.82) is 0 Å². The summed E-state index contributed by atoms with van der Waals surface area (Å²) in [6, 6.07) is 0. The summed E-state index contributed by atoms with van der Waals surface area (Å²) >= 11 is 4.17. The second-order valence-corrected chi connectivity index (χ2v) is 10.2. The van der Waals surface area contributed by atoms with Crippen LogP contribution < -0.4 is 0 Å². The van der Waals surface area contributed by atoms with Gasteiger partial charge in [0.15, 0.2) is 0 Å². The van der Waals surface area contributed by atoms with Gasteiger partial charge in [0.25, 0.3) is 4.67 Å². The minimum Gasteiger partial charge on any atom is -0.363 e. The van der Waals surface area contributed by atoms with Crippen LogP contribution in [0.3, 0.4) is 0 Å². The van der Waals surface area contributed by atoms with Gasteiger partial charge in [-0.2, -0.15) is 21.0 Å². The highest BCUT2D eigenvalue weighted by Gasteiger charge is 2.58. The highest BCUT2D eigenvalue weighted by molar-refractivity contribution is 7.94. The van der Waals surface area contributed by atoms with Gasteiger partial charge in [0.1, 0.15) is 0 Å². The van der Waals surface area contributed by atoms with E-state index in [1.165, 1.54) is 0 Å². The highest BCUT2D eigenvalue weighted by Crippen LogP contribution is 2.55. The molecular formula is C10H23NO7PS2+. The van der Waals surface area contributed by atoms with Crippen LogP contribution in [0.5, 0.6) is 0 Å². The molecule has 0 spiro atoms. The highest BCUT2D eigenvalue weighted by atomic mass is 32.2. The Morgan fingerprint density at radius 3 is 2.43 bits per heavy atom. The van der Waals surface area contributed by atoms with Crippen molar-refractivity contribution in [2.75, 3.05) is 32.4 Å². The summed E-state index contributed by atoms with van der Waals surface area (Å²) in [4.78, 5) is 18.3. The van der Waals surface area contributed by atoms with Gasteiger partial charge in [-0.1, -0.05) is 0 Å². The summed E-state index contributed by atoms with van der Waals surface area (Å²) in [7, 11) is -8.79. The van der Waals surface area contributed by atoms with Crippen molar-refractivity contribution in [3.63, 3.8) is 0 Å². The first-order chi connectivity index (χ1) is 9.35. The first-order valence-electron chi connectivity index (χ1n) is 6.54. The summed E-state index contributed by atoms with van der Waals surface area (Å²) in [5.41, 5.74) is 0. The van der Waals surface area contributed by atoms with Crippen molar-refractivity contribution in [1.82, 2.24) is 0 Å². The zero-order chi connectivity index (χ0) is 16.5. The molecule has 126 valence electrons. The third-order valence-electron chi connectivity index (χ3n) is 4.07. The van der Waals surface area contributed by atoms with Gasteiger partial charge < -0.3 is 19.4 Å². The summed E-state index contributed by atoms with van der Waals surface area (Å²) < 4.78 is 40.1. The predicted molar refractivity (Wildman–Crippen MR) is 80.5 cm³/mol.